The van der Waals surface area contributed by atoms with Crippen LogP contribution in [0.2, 0.25) is 10.0 Å². The van der Waals surface area contributed by atoms with Crippen LogP contribution in [0.1, 0.15) is 26.3 Å². The molecule has 8 heteroatoms. The van der Waals surface area contributed by atoms with Crippen molar-refractivity contribution in [3.8, 4) is 11.5 Å². The van der Waals surface area contributed by atoms with E-state index >= 15 is 0 Å². The van der Waals surface area contributed by atoms with Crippen molar-refractivity contribution < 1.29 is 19.1 Å². The van der Waals surface area contributed by atoms with E-state index in [0.717, 1.165) is 0 Å². The Balaban J connectivity index is 1.59. The number of amides is 1. The summed E-state index contributed by atoms with van der Waals surface area (Å²) >= 11 is 11.9. The number of hydrogen-bond donors (Lipinski definition) is 1. The molecule has 0 saturated heterocycles. The summed E-state index contributed by atoms with van der Waals surface area (Å²) in [7, 11) is 0. The van der Waals surface area contributed by atoms with E-state index in [-0.39, 0.29) is 16.5 Å². The zero-order chi connectivity index (χ0) is 22.9. The third-order valence-electron chi connectivity index (χ3n) is 4.08. The topological polar surface area (TPSA) is 77.0 Å². The molecule has 0 aromatic heterocycles. The van der Waals surface area contributed by atoms with Crippen molar-refractivity contribution in [3.63, 3.8) is 0 Å². The van der Waals surface area contributed by atoms with E-state index in [4.69, 9.17) is 32.7 Å². The van der Waals surface area contributed by atoms with Crippen LogP contribution >= 0.6 is 23.2 Å². The molecule has 32 heavy (non-hydrogen) atoms. The van der Waals surface area contributed by atoms with Crippen LogP contribution in [0, 0.1) is 0 Å². The van der Waals surface area contributed by atoms with E-state index in [1.165, 1.54) is 18.3 Å². The summed E-state index contributed by atoms with van der Waals surface area (Å²) in [4.78, 5) is 24.6. The summed E-state index contributed by atoms with van der Waals surface area (Å²) in [5.74, 6) is -0.0614. The molecule has 0 heterocycles. The monoisotopic (exact) mass is 468 g/mol. The van der Waals surface area contributed by atoms with E-state index in [9.17, 15) is 9.59 Å². The van der Waals surface area contributed by atoms with Crippen molar-refractivity contribution in [1.82, 2.24) is 5.43 Å². The van der Waals surface area contributed by atoms with E-state index in [0.29, 0.717) is 34.3 Å². The van der Waals surface area contributed by atoms with Crippen LogP contribution in [0.5, 0.6) is 11.5 Å². The largest absolute Gasteiger partial charge is 0.490 e. The second-order valence-electron chi connectivity index (χ2n) is 6.41. The molecule has 0 aliphatic carbocycles. The second kappa shape index (κ2) is 11.1. The van der Waals surface area contributed by atoms with Gasteiger partial charge >= 0.3 is 5.97 Å². The molecular formula is C24H18Cl2N2O4. The maximum Gasteiger partial charge on any atom is 0.345 e. The lowest BCUT2D eigenvalue weighted by molar-refractivity contribution is 0.0734. The van der Waals surface area contributed by atoms with E-state index < -0.39 is 5.97 Å². The molecule has 1 amide bonds. The Kier molecular flexibility index (Phi) is 8.02. The van der Waals surface area contributed by atoms with Gasteiger partial charge in [-0.05, 0) is 60.2 Å². The Labute approximate surface area is 195 Å². The number of carbonyl (C=O) groups is 2. The molecular weight excluding hydrogens is 451 g/mol. The molecule has 0 bridgehead atoms. The first-order valence-corrected chi connectivity index (χ1v) is 10.2. The fourth-order valence-corrected chi connectivity index (χ4v) is 3.05. The summed E-state index contributed by atoms with van der Waals surface area (Å²) < 4.78 is 10.7. The van der Waals surface area contributed by atoms with Gasteiger partial charge in [0.15, 0.2) is 0 Å². The predicted octanol–water partition coefficient (Wildman–Crippen LogP) is 5.54. The molecule has 1 N–H and O–H groups in total. The smallest absolute Gasteiger partial charge is 0.345 e. The molecule has 6 nitrogen and oxygen atoms in total. The van der Waals surface area contributed by atoms with Gasteiger partial charge in [-0.15, -0.1) is 0 Å². The highest BCUT2D eigenvalue weighted by Gasteiger charge is 2.13. The van der Waals surface area contributed by atoms with Gasteiger partial charge in [-0.1, -0.05) is 48.0 Å². The minimum absolute atomic E-state index is 0.197. The minimum atomic E-state index is -0.616. The Morgan fingerprint density at radius 3 is 2.50 bits per heavy atom. The number of carbonyl (C=O) groups excluding carboxylic acids is 2. The van der Waals surface area contributed by atoms with Gasteiger partial charge in [-0.3, -0.25) is 4.79 Å². The Hall–Kier alpha value is -3.61. The highest BCUT2D eigenvalue weighted by molar-refractivity contribution is 6.36. The number of nitrogens with zero attached hydrogens (tertiary/aromatic N) is 1. The van der Waals surface area contributed by atoms with Gasteiger partial charge in [0.05, 0.1) is 16.8 Å². The molecule has 0 unspecified atom stereocenters. The number of rotatable bonds is 8. The molecule has 3 aromatic carbocycles. The third kappa shape index (κ3) is 6.44. The Bertz CT molecular complexity index is 1160. The molecule has 0 radical (unpaired) electrons. The summed E-state index contributed by atoms with van der Waals surface area (Å²) in [6.45, 7) is 3.97. The van der Waals surface area contributed by atoms with Gasteiger partial charge in [0.25, 0.3) is 5.91 Å². The summed E-state index contributed by atoms with van der Waals surface area (Å²) in [6.07, 6.45) is 3.07. The van der Waals surface area contributed by atoms with E-state index in [2.05, 4.69) is 17.1 Å². The molecule has 0 spiro atoms. The van der Waals surface area contributed by atoms with E-state index in [1.54, 1.807) is 60.7 Å². The van der Waals surface area contributed by atoms with Crippen LogP contribution in [0.4, 0.5) is 0 Å². The molecule has 0 aliphatic heterocycles. The van der Waals surface area contributed by atoms with Crippen LogP contribution in [-0.4, -0.2) is 24.7 Å². The fraction of sp³-hybridized carbons (Fsp3) is 0.0417. The van der Waals surface area contributed by atoms with Crippen LogP contribution in [0.25, 0.3) is 0 Å². The van der Waals surface area contributed by atoms with Crippen molar-refractivity contribution in [2.45, 2.75) is 0 Å². The molecule has 3 aromatic rings. The first-order chi connectivity index (χ1) is 15.5. The zero-order valence-electron chi connectivity index (χ0n) is 16.8. The first-order valence-electron chi connectivity index (χ1n) is 9.41. The average molecular weight is 469 g/mol. The molecule has 0 saturated carbocycles. The summed E-state index contributed by atoms with van der Waals surface area (Å²) in [5.41, 5.74) is 3.69. The quantitative estimate of drug-likeness (QED) is 0.155. The zero-order valence-corrected chi connectivity index (χ0v) is 18.3. The minimum Gasteiger partial charge on any atom is -0.490 e. The lowest BCUT2D eigenvalue weighted by atomic mass is 10.2. The molecule has 3 rings (SSSR count). The molecule has 0 aliphatic rings. The SMILES string of the molecule is C=CCOc1ccc(C(=O)NN=Cc2cccc(OC(=O)c3ccc(Cl)cc3Cl)c2)cc1. The normalized spacial score (nSPS) is 10.6. The van der Waals surface area contributed by atoms with Crippen LogP contribution in [-0.2, 0) is 0 Å². The number of hydrogen-bond acceptors (Lipinski definition) is 5. The molecule has 0 atom stereocenters. The Morgan fingerprint density at radius 2 is 1.78 bits per heavy atom. The van der Waals surface area contributed by atoms with Gasteiger partial charge in [0.1, 0.15) is 18.1 Å². The number of nitrogens with one attached hydrogen (secondary N) is 1. The van der Waals surface area contributed by atoms with Crippen LogP contribution < -0.4 is 14.9 Å². The van der Waals surface area contributed by atoms with Crippen molar-refractivity contribution in [2.75, 3.05) is 6.61 Å². The lowest BCUT2D eigenvalue weighted by Crippen LogP contribution is -2.17. The number of ether oxygens (including phenoxy) is 2. The van der Waals surface area contributed by atoms with E-state index in [1.807, 2.05) is 0 Å². The fourth-order valence-electron chi connectivity index (χ4n) is 2.56. The first kappa shape index (κ1) is 23.1. The standard InChI is InChI=1S/C24H18Cl2N2O4/c1-2-12-31-19-9-6-17(7-10-19)23(29)28-27-15-16-4-3-5-20(13-16)32-24(30)21-11-8-18(25)14-22(21)26/h2-11,13-15H,1,12H2,(H,28,29). The van der Waals surface area contributed by atoms with Gasteiger partial charge in [0, 0.05) is 10.6 Å². The summed E-state index contributed by atoms with van der Waals surface area (Å²) in [6, 6.07) is 17.8. The predicted molar refractivity (Wildman–Crippen MR) is 125 cm³/mol. The molecule has 0 fully saturated rings. The maximum absolute atomic E-state index is 12.3. The maximum atomic E-state index is 12.3. The second-order valence-corrected chi connectivity index (χ2v) is 7.25. The highest BCUT2D eigenvalue weighted by atomic mass is 35.5. The van der Waals surface area contributed by atoms with Gasteiger partial charge < -0.3 is 9.47 Å². The van der Waals surface area contributed by atoms with Gasteiger partial charge in [0.2, 0.25) is 0 Å². The molecule has 162 valence electrons. The lowest BCUT2D eigenvalue weighted by Gasteiger charge is -2.07. The van der Waals surface area contributed by atoms with Crippen molar-refractivity contribution in [3.05, 3.63) is 106 Å². The number of benzene rings is 3. The highest BCUT2D eigenvalue weighted by Crippen LogP contribution is 2.23. The van der Waals surface area contributed by atoms with Crippen molar-refractivity contribution in [1.29, 1.82) is 0 Å². The number of esters is 1. The van der Waals surface area contributed by atoms with Crippen molar-refractivity contribution in [2.24, 2.45) is 5.10 Å². The summed E-state index contributed by atoms with van der Waals surface area (Å²) in [5, 5.41) is 4.56. The van der Waals surface area contributed by atoms with Crippen LogP contribution in [0.15, 0.2) is 84.5 Å². The number of hydrazone groups is 1. The van der Waals surface area contributed by atoms with Crippen LogP contribution in [0.3, 0.4) is 0 Å². The van der Waals surface area contributed by atoms with Crippen molar-refractivity contribution >= 4 is 41.3 Å². The number of halogens is 2. The average Bonchev–Trinajstić information content (AvgIpc) is 2.78. The third-order valence-corrected chi connectivity index (χ3v) is 4.63. The van der Waals surface area contributed by atoms with Gasteiger partial charge in [-0.2, -0.15) is 5.10 Å². The van der Waals surface area contributed by atoms with Gasteiger partial charge in [-0.25, -0.2) is 10.2 Å². The Morgan fingerprint density at radius 1 is 1.00 bits per heavy atom.